The number of aromatic nitrogens is 2. The molecule has 0 N–H and O–H groups in total. The molecule has 0 saturated heterocycles. The SMILES string of the molecule is CN(C)Cc1noc(C2CC2)n1. The van der Waals surface area contributed by atoms with Crippen molar-refractivity contribution >= 4 is 0 Å². The fourth-order valence-electron chi connectivity index (χ4n) is 1.11. The second-order valence-corrected chi connectivity index (χ2v) is 3.56. The van der Waals surface area contributed by atoms with Gasteiger partial charge in [-0.1, -0.05) is 5.16 Å². The predicted octanol–water partition coefficient (Wildman–Crippen LogP) is 1.01. The van der Waals surface area contributed by atoms with E-state index in [2.05, 4.69) is 10.1 Å². The smallest absolute Gasteiger partial charge is 0.229 e. The average Bonchev–Trinajstić information content (AvgIpc) is 2.73. The summed E-state index contributed by atoms with van der Waals surface area (Å²) in [5.41, 5.74) is 0. The second-order valence-electron chi connectivity index (χ2n) is 3.56. The van der Waals surface area contributed by atoms with Crippen molar-refractivity contribution in [2.24, 2.45) is 0 Å². The Kier molecular flexibility index (Phi) is 1.84. The van der Waals surface area contributed by atoms with Gasteiger partial charge in [0.15, 0.2) is 5.82 Å². The van der Waals surface area contributed by atoms with Gasteiger partial charge >= 0.3 is 0 Å². The molecule has 0 aliphatic heterocycles. The molecule has 0 radical (unpaired) electrons. The van der Waals surface area contributed by atoms with Crippen LogP contribution in [0.25, 0.3) is 0 Å². The molecule has 2 rings (SSSR count). The molecule has 1 aliphatic rings. The zero-order chi connectivity index (χ0) is 8.55. The van der Waals surface area contributed by atoms with Crippen LogP contribution in [0, 0.1) is 0 Å². The van der Waals surface area contributed by atoms with Crippen LogP contribution in [-0.2, 0) is 6.54 Å². The van der Waals surface area contributed by atoms with Crippen LogP contribution in [0.2, 0.25) is 0 Å². The van der Waals surface area contributed by atoms with E-state index in [1.165, 1.54) is 12.8 Å². The quantitative estimate of drug-likeness (QED) is 0.673. The van der Waals surface area contributed by atoms with Crippen molar-refractivity contribution in [1.82, 2.24) is 15.0 Å². The van der Waals surface area contributed by atoms with E-state index in [9.17, 15) is 0 Å². The molecule has 0 amide bonds. The summed E-state index contributed by atoms with van der Waals surface area (Å²) >= 11 is 0. The van der Waals surface area contributed by atoms with Crippen molar-refractivity contribution in [3.63, 3.8) is 0 Å². The van der Waals surface area contributed by atoms with Crippen LogP contribution in [0.15, 0.2) is 4.52 Å². The molecule has 4 heteroatoms. The average molecular weight is 167 g/mol. The molecule has 0 atom stereocenters. The highest BCUT2D eigenvalue weighted by molar-refractivity contribution is 5.01. The summed E-state index contributed by atoms with van der Waals surface area (Å²) in [5, 5.41) is 3.89. The second kappa shape index (κ2) is 2.86. The highest BCUT2D eigenvalue weighted by atomic mass is 16.5. The lowest BCUT2D eigenvalue weighted by atomic mass is 10.4. The van der Waals surface area contributed by atoms with Gasteiger partial charge in [-0.3, -0.25) is 0 Å². The van der Waals surface area contributed by atoms with E-state index in [0.717, 1.165) is 18.3 Å². The van der Waals surface area contributed by atoms with Gasteiger partial charge in [0.25, 0.3) is 0 Å². The highest BCUT2D eigenvalue weighted by Gasteiger charge is 2.29. The maximum atomic E-state index is 5.10. The molecule has 1 aromatic heterocycles. The lowest BCUT2D eigenvalue weighted by Gasteiger charge is -2.03. The van der Waals surface area contributed by atoms with E-state index < -0.39 is 0 Å². The predicted molar refractivity (Wildman–Crippen MR) is 43.7 cm³/mol. The van der Waals surface area contributed by atoms with Gasteiger partial charge in [0.05, 0.1) is 6.54 Å². The Hall–Kier alpha value is -0.900. The number of hydrogen-bond donors (Lipinski definition) is 0. The van der Waals surface area contributed by atoms with Crippen LogP contribution in [0.5, 0.6) is 0 Å². The fraction of sp³-hybridized carbons (Fsp3) is 0.750. The van der Waals surface area contributed by atoms with E-state index in [1.807, 2.05) is 19.0 Å². The summed E-state index contributed by atoms with van der Waals surface area (Å²) in [4.78, 5) is 6.32. The molecule has 4 nitrogen and oxygen atoms in total. The first-order valence-corrected chi connectivity index (χ1v) is 4.23. The summed E-state index contributed by atoms with van der Waals surface area (Å²) in [7, 11) is 3.99. The van der Waals surface area contributed by atoms with Gasteiger partial charge in [-0.05, 0) is 26.9 Å². The minimum Gasteiger partial charge on any atom is -0.339 e. The first kappa shape index (κ1) is 7.73. The molecule has 12 heavy (non-hydrogen) atoms. The summed E-state index contributed by atoms with van der Waals surface area (Å²) in [6, 6.07) is 0. The Morgan fingerprint density at radius 1 is 1.50 bits per heavy atom. The van der Waals surface area contributed by atoms with Gasteiger partial charge in [-0.15, -0.1) is 0 Å². The van der Waals surface area contributed by atoms with Crippen LogP contribution in [-0.4, -0.2) is 29.1 Å². The molecule has 1 aromatic rings. The Morgan fingerprint density at radius 2 is 2.25 bits per heavy atom. The third-order valence-electron chi connectivity index (χ3n) is 1.87. The van der Waals surface area contributed by atoms with Crippen molar-refractivity contribution in [3.05, 3.63) is 11.7 Å². The van der Waals surface area contributed by atoms with Crippen molar-refractivity contribution in [2.45, 2.75) is 25.3 Å². The molecule has 0 unspecified atom stereocenters. The molecule has 0 spiro atoms. The van der Waals surface area contributed by atoms with Gasteiger partial charge in [0.1, 0.15) is 0 Å². The minimum absolute atomic E-state index is 0.563. The maximum absolute atomic E-state index is 5.10. The topological polar surface area (TPSA) is 42.2 Å². The zero-order valence-electron chi connectivity index (χ0n) is 7.45. The van der Waals surface area contributed by atoms with E-state index >= 15 is 0 Å². The standard InChI is InChI=1S/C8H13N3O/c1-11(2)5-7-9-8(12-10-7)6-3-4-6/h6H,3-5H2,1-2H3. The van der Waals surface area contributed by atoms with Gasteiger partial charge < -0.3 is 9.42 Å². The Labute approximate surface area is 71.6 Å². The largest absolute Gasteiger partial charge is 0.339 e. The third kappa shape index (κ3) is 1.64. The highest BCUT2D eigenvalue weighted by Crippen LogP contribution is 2.38. The van der Waals surface area contributed by atoms with E-state index in [1.54, 1.807) is 0 Å². The van der Waals surface area contributed by atoms with Crippen LogP contribution < -0.4 is 0 Å². The van der Waals surface area contributed by atoms with Crippen molar-refractivity contribution in [2.75, 3.05) is 14.1 Å². The molecule has 1 fully saturated rings. The normalized spacial score (nSPS) is 17.2. The van der Waals surface area contributed by atoms with Gasteiger partial charge in [0.2, 0.25) is 5.89 Å². The number of rotatable bonds is 3. The summed E-state index contributed by atoms with van der Waals surface area (Å²) < 4.78 is 5.10. The molecule has 0 aromatic carbocycles. The molecule has 66 valence electrons. The summed E-state index contributed by atoms with van der Waals surface area (Å²) in [6.45, 7) is 0.760. The van der Waals surface area contributed by atoms with Crippen molar-refractivity contribution in [1.29, 1.82) is 0 Å². The maximum Gasteiger partial charge on any atom is 0.229 e. The minimum atomic E-state index is 0.563. The van der Waals surface area contributed by atoms with Crippen LogP contribution in [0.1, 0.15) is 30.5 Å². The Bertz CT molecular complexity index is 265. The third-order valence-corrected chi connectivity index (χ3v) is 1.87. The summed E-state index contributed by atoms with van der Waals surface area (Å²) in [6.07, 6.45) is 2.42. The first-order valence-electron chi connectivity index (χ1n) is 4.23. The molecular formula is C8H13N3O. The fourth-order valence-corrected chi connectivity index (χ4v) is 1.11. The lowest BCUT2D eigenvalue weighted by Crippen LogP contribution is -2.11. The summed E-state index contributed by atoms with van der Waals surface area (Å²) in [5.74, 6) is 2.18. The lowest BCUT2D eigenvalue weighted by molar-refractivity contribution is 0.349. The van der Waals surface area contributed by atoms with Gasteiger partial charge in [-0.25, -0.2) is 0 Å². The van der Waals surface area contributed by atoms with E-state index in [4.69, 9.17) is 4.52 Å². The van der Waals surface area contributed by atoms with E-state index in [0.29, 0.717) is 5.92 Å². The Morgan fingerprint density at radius 3 is 2.83 bits per heavy atom. The van der Waals surface area contributed by atoms with Crippen LogP contribution >= 0.6 is 0 Å². The van der Waals surface area contributed by atoms with E-state index in [-0.39, 0.29) is 0 Å². The van der Waals surface area contributed by atoms with Gasteiger partial charge in [-0.2, -0.15) is 4.98 Å². The Balaban J connectivity index is 2.03. The number of nitrogens with zero attached hydrogens (tertiary/aromatic N) is 3. The number of hydrogen-bond acceptors (Lipinski definition) is 4. The van der Waals surface area contributed by atoms with Crippen molar-refractivity contribution < 1.29 is 4.52 Å². The van der Waals surface area contributed by atoms with Crippen molar-refractivity contribution in [3.8, 4) is 0 Å². The molecule has 1 heterocycles. The van der Waals surface area contributed by atoms with Crippen LogP contribution in [0.4, 0.5) is 0 Å². The molecule has 1 saturated carbocycles. The molecule has 0 bridgehead atoms. The molecule has 1 aliphatic carbocycles. The molecular weight excluding hydrogens is 154 g/mol. The van der Waals surface area contributed by atoms with Gasteiger partial charge in [0, 0.05) is 5.92 Å². The monoisotopic (exact) mass is 167 g/mol. The van der Waals surface area contributed by atoms with Crippen LogP contribution in [0.3, 0.4) is 0 Å². The zero-order valence-corrected chi connectivity index (χ0v) is 7.45. The first-order chi connectivity index (χ1) is 5.75.